The van der Waals surface area contributed by atoms with E-state index in [9.17, 15) is 0 Å². The second-order valence-corrected chi connectivity index (χ2v) is 5.44. The molecule has 0 aliphatic carbocycles. The molecule has 1 aromatic rings. The number of hydrogen-bond acceptors (Lipinski definition) is 4. The molecular formula is C16H23NO3. The zero-order chi connectivity index (χ0) is 13.8. The fourth-order valence-electron chi connectivity index (χ4n) is 3.04. The average Bonchev–Trinajstić information content (AvgIpc) is 2.95. The van der Waals surface area contributed by atoms with E-state index in [0.717, 1.165) is 44.0 Å². The van der Waals surface area contributed by atoms with Crippen LogP contribution in [0.2, 0.25) is 0 Å². The summed E-state index contributed by atoms with van der Waals surface area (Å²) in [5.41, 5.74) is 1.18. The lowest BCUT2D eigenvalue weighted by molar-refractivity contribution is 0.0872. The SMILES string of the molecule is CCC1OCCC1CNCc1cccc2c1OCCO2. The number of rotatable bonds is 5. The van der Waals surface area contributed by atoms with Crippen LogP contribution >= 0.6 is 0 Å². The molecule has 0 bridgehead atoms. The molecule has 1 N–H and O–H groups in total. The molecule has 110 valence electrons. The van der Waals surface area contributed by atoms with E-state index < -0.39 is 0 Å². The van der Waals surface area contributed by atoms with Gasteiger partial charge in [0.1, 0.15) is 13.2 Å². The predicted molar refractivity (Wildman–Crippen MR) is 77.3 cm³/mol. The fraction of sp³-hybridized carbons (Fsp3) is 0.625. The van der Waals surface area contributed by atoms with Gasteiger partial charge in [-0.3, -0.25) is 0 Å². The Morgan fingerprint density at radius 1 is 1.20 bits per heavy atom. The standard InChI is InChI=1S/C16H23NO3/c1-2-14-12(6-7-18-14)10-17-11-13-4-3-5-15-16(13)20-9-8-19-15/h3-5,12,14,17H,2,6-11H2,1H3. The van der Waals surface area contributed by atoms with E-state index in [1.54, 1.807) is 0 Å². The van der Waals surface area contributed by atoms with Gasteiger partial charge in [-0.05, 0) is 24.8 Å². The summed E-state index contributed by atoms with van der Waals surface area (Å²) in [5, 5.41) is 3.54. The lowest BCUT2D eigenvalue weighted by atomic mass is 9.99. The van der Waals surface area contributed by atoms with Crippen molar-refractivity contribution in [2.24, 2.45) is 5.92 Å². The molecule has 0 aromatic heterocycles. The summed E-state index contributed by atoms with van der Waals surface area (Å²) >= 11 is 0. The van der Waals surface area contributed by atoms with E-state index in [1.165, 1.54) is 5.56 Å². The van der Waals surface area contributed by atoms with Gasteiger partial charge in [0, 0.05) is 25.3 Å². The maximum absolute atomic E-state index is 5.73. The summed E-state index contributed by atoms with van der Waals surface area (Å²) in [6.07, 6.45) is 2.69. The molecule has 0 saturated carbocycles. The Hall–Kier alpha value is -1.26. The van der Waals surface area contributed by atoms with Gasteiger partial charge in [-0.15, -0.1) is 0 Å². The molecule has 1 saturated heterocycles. The first-order valence-corrected chi connectivity index (χ1v) is 7.58. The monoisotopic (exact) mass is 277 g/mol. The van der Waals surface area contributed by atoms with Gasteiger partial charge < -0.3 is 19.5 Å². The van der Waals surface area contributed by atoms with Crippen LogP contribution in [0.4, 0.5) is 0 Å². The van der Waals surface area contributed by atoms with Crippen LogP contribution in [-0.4, -0.2) is 32.5 Å². The van der Waals surface area contributed by atoms with Crippen molar-refractivity contribution in [2.45, 2.75) is 32.4 Å². The molecule has 2 atom stereocenters. The highest BCUT2D eigenvalue weighted by molar-refractivity contribution is 5.47. The molecule has 1 aromatic carbocycles. The quantitative estimate of drug-likeness (QED) is 0.897. The minimum Gasteiger partial charge on any atom is -0.486 e. The lowest BCUT2D eigenvalue weighted by Gasteiger charge is -2.22. The number of ether oxygens (including phenoxy) is 3. The van der Waals surface area contributed by atoms with Crippen molar-refractivity contribution in [3.8, 4) is 11.5 Å². The van der Waals surface area contributed by atoms with Gasteiger partial charge in [0.25, 0.3) is 0 Å². The number of fused-ring (bicyclic) bond motifs is 1. The van der Waals surface area contributed by atoms with E-state index in [1.807, 2.05) is 12.1 Å². The third kappa shape index (κ3) is 2.91. The Kier molecular flexibility index (Phi) is 4.43. The van der Waals surface area contributed by atoms with Gasteiger partial charge in [-0.1, -0.05) is 19.1 Å². The van der Waals surface area contributed by atoms with Crippen molar-refractivity contribution < 1.29 is 14.2 Å². The van der Waals surface area contributed by atoms with Crippen molar-refractivity contribution in [1.29, 1.82) is 0 Å². The number of hydrogen-bond donors (Lipinski definition) is 1. The lowest BCUT2D eigenvalue weighted by Crippen LogP contribution is -2.28. The number of benzene rings is 1. The average molecular weight is 277 g/mol. The molecule has 0 radical (unpaired) electrons. The van der Waals surface area contributed by atoms with Gasteiger partial charge in [-0.25, -0.2) is 0 Å². The highest BCUT2D eigenvalue weighted by Gasteiger charge is 2.26. The van der Waals surface area contributed by atoms with Crippen LogP contribution in [0, 0.1) is 5.92 Å². The van der Waals surface area contributed by atoms with Gasteiger partial charge >= 0.3 is 0 Å². The zero-order valence-corrected chi connectivity index (χ0v) is 12.1. The van der Waals surface area contributed by atoms with Crippen molar-refractivity contribution >= 4 is 0 Å². The molecule has 0 spiro atoms. The molecule has 2 unspecified atom stereocenters. The molecule has 4 heteroatoms. The molecule has 2 aliphatic rings. The second-order valence-electron chi connectivity index (χ2n) is 5.44. The topological polar surface area (TPSA) is 39.7 Å². The molecule has 3 rings (SSSR count). The third-order valence-corrected chi connectivity index (χ3v) is 4.12. The smallest absolute Gasteiger partial charge is 0.165 e. The van der Waals surface area contributed by atoms with E-state index in [2.05, 4.69) is 18.3 Å². The molecule has 20 heavy (non-hydrogen) atoms. The van der Waals surface area contributed by atoms with Crippen LogP contribution in [0.3, 0.4) is 0 Å². The highest BCUT2D eigenvalue weighted by atomic mass is 16.6. The predicted octanol–water partition coefficient (Wildman–Crippen LogP) is 2.36. The highest BCUT2D eigenvalue weighted by Crippen LogP contribution is 2.33. The fourth-order valence-corrected chi connectivity index (χ4v) is 3.04. The largest absolute Gasteiger partial charge is 0.486 e. The third-order valence-electron chi connectivity index (χ3n) is 4.12. The van der Waals surface area contributed by atoms with Crippen LogP contribution in [0.25, 0.3) is 0 Å². The maximum Gasteiger partial charge on any atom is 0.165 e. The summed E-state index contributed by atoms with van der Waals surface area (Å²) in [6.45, 7) is 6.20. The molecule has 0 amide bonds. The summed E-state index contributed by atoms with van der Waals surface area (Å²) in [4.78, 5) is 0. The van der Waals surface area contributed by atoms with E-state index in [4.69, 9.17) is 14.2 Å². The summed E-state index contributed by atoms with van der Waals surface area (Å²) in [5.74, 6) is 2.41. The Balaban J connectivity index is 1.56. The minimum atomic E-state index is 0.423. The number of nitrogens with one attached hydrogen (secondary N) is 1. The van der Waals surface area contributed by atoms with Gasteiger partial charge in [0.2, 0.25) is 0 Å². The van der Waals surface area contributed by atoms with Gasteiger partial charge in [0.15, 0.2) is 11.5 Å². The minimum absolute atomic E-state index is 0.423. The molecule has 1 fully saturated rings. The maximum atomic E-state index is 5.73. The second kappa shape index (κ2) is 6.46. The van der Waals surface area contributed by atoms with Crippen molar-refractivity contribution in [3.05, 3.63) is 23.8 Å². The summed E-state index contributed by atoms with van der Waals surface area (Å²) < 4.78 is 17.1. The van der Waals surface area contributed by atoms with Crippen LogP contribution in [-0.2, 0) is 11.3 Å². The van der Waals surface area contributed by atoms with Gasteiger partial charge in [0.05, 0.1) is 6.10 Å². The van der Waals surface area contributed by atoms with Crippen molar-refractivity contribution in [3.63, 3.8) is 0 Å². The van der Waals surface area contributed by atoms with Crippen molar-refractivity contribution in [2.75, 3.05) is 26.4 Å². The van der Waals surface area contributed by atoms with Crippen LogP contribution in [0.15, 0.2) is 18.2 Å². The zero-order valence-electron chi connectivity index (χ0n) is 12.1. The molecular weight excluding hydrogens is 254 g/mol. The van der Waals surface area contributed by atoms with E-state index in [-0.39, 0.29) is 0 Å². The first-order chi connectivity index (χ1) is 9.88. The first-order valence-electron chi connectivity index (χ1n) is 7.58. The van der Waals surface area contributed by atoms with Crippen LogP contribution in [0.1, 0.15) is 25.3 Å². The van der Waals surface area contributed by atoms with Crippen LogP contribution < -0.4 is 14.8 Å². The van der Waals surface area contributed by atoms with E-state index >= 15 is 0 Å². The first kappa shape index (κ1) is 13.7. The van der Waals surface area contributed by atoms with Crippen molar-refractivity contribution in [1.82, 2.24) is 5.32 Å². The Labute approximate surface area is 120 Å². The van der Waals surface area contributed by atoms with E-state index in [0.29, 0.717) is 25.2 Å². The Bertz CT molecular complexity index is 449. The summed E-state index contributed by atoms with van der Waals surface area (Å²) in [6, 6.07) is 6.09. The number of para-hydroxylation sites is 1. The summed E-state index contributed by atoms with van der Waals surface area (Å²) in [7, 11) is 0. The molecule has 4 nitrogen and oxygen atoms in total. The van der Waals surface area contributed by atoms with Crippen LogP contribution in [0.5, 0.6) is 11.5 Å². The normalized spacial score (nSPS) is 24.9. The Morgan fingerprint density at radius 3 is 3.00 bits per heavy atom. The Morgan fingerprint density at radius 2 is 2.10 bits per heavy atom. The molecule has 2 heterocycles. The molecule has 2 aliphatic heterocycles. The van der Waals surface area contributed by atoms with Gasteiger partial charge in [-0.2, -0.15) is 0 Å².